The molecule has 2 N–H and O–H groups in total. The van der Waals surface area contributed by atoms with Gasteiger partial charge in [0.25, 0.3) is 0 Å². The number of amides is 1. The van der Waals surface area contributed by atoms with Crippen LogP contribution in [0.3, 0.4) is 0 Å². The molecule has 1 aliphatic rings. The summed E-state index contributed by atoms with van der Waals surface area (Å²) in [5, 5.41) is 6.40. The van der Waals surface area contributed by atoms with E-state index in [-0.39, 0.29) is 11.4 Å². The first kappa shape index (κ1) is 13.5. The van der Waals surface area contributed by atoms with E-state index >= 15 is 0 Å². The van der Waals surface area contributed by atoms with Crippen LogP contribution >= 0.6 is 0 Å². The van der Waals surface area contributed by atoms with Crippen molar-refractivity contribution in [3.8, 4) is 0 Å². The molecule has 1 aliphatic carbocycles. The molecule has 3 heteroatoms. The molecule has 1 fully saturated rings. The van der Waals surface area contributed by atoms with E-state index in [0.717, 1.165) is 31.7 Å². The van der Waals surface area contributed by atoms with Crippen molar-refractivity contribution in [3.05, 3.63) is 0 Å². The Hall–Kier alpha value is -0.570. The van der Waals surface area contributed by atoms with Gasteiger partial charge in [0, 0.05) is 12.1 Å². The second kappa shape index (κ2) is 6.24. The highest BCUT2D eigenvalue weighted by atomic mass is 16.1. The topological polar surface area (TPSA) is 41.1 Å². The quantitative estimate of drug-likeness (QED) is 0.665. The Morgan fingerprint density at radius 1 is 1.19 bits per heavy atom. The minimum atomic E-state index is 0.145. The fourth-order valence-corrected chi connectivity index (χ4v) is 2.04. The normalized spacial score (nSPS) is 16.2. The zero-order valence-corrected chi connectivity index (χ0v) is 10.9. The van der Waals surface area contributed by atoms with Gasteiger partial charge in [-0.15, -0.1) is 0 Å². The summed E-state index contributed by atoms with van der Waals surface area (Å²) >= 11 is 0. The summed E-state index contributed by atoms with van der Waals surface area (Å²) in [6.45, 7) is 7.88. The zero-order chi connectivity index (χ0) is 12.0. The predicted octanol–water partition coefficient (Wildman–Crippen LogP) is 2.07. The van der Waals surface area contributed by atoms with E-state index < -0.39 is 0 Å². The van der Waals surface area contributed by atoms with Crippen molar-refractivity contribution in [2.24, 2.45) is 5.92 Å². The lowest BCUT2D eigenvalue weighted by molar-refractivity contribution is -0.120. The molecule has 3 nitrogen and oxygen atoms in total. The minimum absolute atomic E-state index is 0.145. The van der Waals surface area contributed by atoms with Crippen LogP contribution < -0.4 is 10.6 Å². The molecule has 0 unspecified atom stereocenters. The molecule has 0 spiro atoms. The van der Waals surface area contributed by atoms with Crippen LogP contribution in [0.4, 0.5) is 0 Å². The van der Waals surface area contributed by atoms with Crippen LogP contribution in [0.1, 0.15) is 52.9 Å². The average Bonchev–Trinajstić information content (AvgIpc) is 3.13. The van der Waals surface area contributed by atoms with Crippen molar-refractivity contribution < 1.29 is 4.79 Å². The summed E-state index contributed by atoms with van der Waals surface area (Å²) in [7, 11) is 0. The van der Waals surface area contributed by atoms with E-state index in [1.807, 2.05) is 0 Å². The Bertz CT molecular complexity index is 212. The van der Waals surface area contributed by atoms with E-state index in [2.05, 4.69) is 31.4 Å². The predicted molar refractivity (Wildman–Crippen MR) is 67.3 cm³/mol. The first-order valence-electron chi connectivity index (χ1n) is 6.67. The van der Waals surface area contributed by atoms with E-state index in [4.69, 9.17) is 0 Å². The third kappa shape index (κ3) is 4.12. The molecule has 0 aliphatic heterocycles. The second-order valence-electron chi connectivity index (χ2n) is 4.94. The molecule has 0 heterocycles. The van der Waals surface area contributed by atoms with Gasteiger partial charge in [0.1, 0.15) is 0 Å². The van der Waals surface area contributed by atoms with Crippen LogP contribution in [0.25, 0.3) is 0 Å². The molecule has 0 saturated heterocycles. The Balaban J connectivity index is 2.21. The number of hydrogen-bond donors (Lipinski definition) is 2. The van der Waals surface area contributed by atoms with Crippen molar-refractivity contribution in [2.75, 3.05) is 13.1 Å². The maximum atomic E-state index is 11.6. The molecular weight excluding hydrogens is 200 g/mol. The van der Waals surface area contributed by atoms with Crippen LogP contribution in [0.15, 0.2) is 0 Å². The standard InChI is InChI=1S/C13H26N2O/c1-4-13(5-2,6-3)15-10-12(16)14-9-11-7-8-11/h11,15H,4-10H2,1-3H3,(H,14,16). The maximum absolute atomic E-state index is 11.6. The number of carbonyl (C=O) groups is 1. The Morgan fingerprint density at radius 2 is 1.75 bits per heavy atom. The SMILES string of the molecule is CCC(CC)(CC)NCC(=O)NCC1CC1. The molecule has 16 heavy (non-hydrogen) atoms. The molecule has 0 aromatic carbocycles. The summed E-state index contributed by atoms with van der Waals surface area (Å²) in [6, 6.07) is 0. The number of nitrogens with one attached hydrogen (secondary N) is 2. The van der Waals surface area contributed by atoms with Gasteiger partial charge in [0.15, 0.2) is 0 Å². The van der Waals surface area contributed by atoms with Gasteiger partial charge in [-0.1, -0.05) is 20.8 Å². The highest BCUT2D eigenvalue weighted by molar-refractivity contribution is 5.78. The van der Waals surface area contributed by atoms with Crippen molar-refractivity contribution in [2.45, 2.75) is 58.4 Å². The lowest BCUT2D eigenvalue weighted by Gasteiger charge is -2.31. The third-order valence-electron chi connectivity index (χ3n) is 3.94. The summed E-state index contributed by atoms with van der Waals surface area (Å²) in [5.74, 6) is 0.906. The van der Waals surface area contributed by atoms with Gasteiger partial charge >= 0.3 is 0 Å². The molecule has 0 aromatic heterocycles. The molecule has 1 rings (SSSR count). The summed E-state index contributed by atoms with van der Waals surface area (Å²) in [5.41, 5.74) is 0.150. The largest absolute Gasteiger partial charge is 0.355 e. The maximum Gasteiger partial charge on any atom is 0.233 e. The van der Waals surface area contributed by atoms with Crippen LogP contribution in [0, 0.1) is 5.92 Å². The van der Waals surface area contributed by atoms with Crippen molar-refractivity contribution >= 4 is 5.91 Å². The van der Waals surface area contributed by atoms with Crippen molar-refractivity contribution in [3.63, 3.8) is 0 Å². The van der Waals surface area contributed by atoms with Crippen LogP contribution in [-0.4, -0.2) is 24.5 Å². The molecular formula is C13H26N2O. The summed E-state index contributed by atoms with van der Waals surface area (Å²) < 4.78 is 0. The molecule has 0 bridgehead atoms. The Labute approximate surface area is 99.4 Å². The molecule has 94 valence electrons. The third-order valence-corrected chi connectivity index (χ3v) is 3.94. The molecule has 0 radical (unpaired) electrons. The molecule has 1 amide bonds. The lowest BCUT2D eigenvalue weighted by atomic mass is 9.90. The van der Waals surface area contributed by atoms with Crippen molar-refractivity contribution in [1.29, 1.82) is 0 Å². The minimum Gasteiger partial charge on any atom is -0.355 e. The van der Waals surface area contributed by atoms with Crippen LogP contribution in [-0.2, 0) is 4.79 Å². The van der Waals surface area contributed by atoms with E-state index in [1.54, 1.807) is 0 Å². The van der Waals surface area contributed by atoms with Gasteiger partial charge in [0.05, 0.1) is 6.54 Å². The highest BCUT2D eigenvalue weighted by Gasteiger charge is 2.25. The van der Waals surface area contributed by atoms with E-state index in [9.17, 15) is 4.79 Å². The van der Waals surface area contributed by atoms with E-state index in [1.165, 1.54) is 12.8 Å². The van der Waals surface area contributed by atoms with Crippen molar-refractivity contribution in [1.82, 2.24) is 10.6 Å². The van der Waals surface area contributed by atoms with Gasteiger partial charge in [0.2, 0.25) is 5.91 Å². The second-order valence-corrected chi connectivity index (χ2v) is 4.94. The van der Waals surface area contributed by atoms with E-state index in [0.29, 0.717) is 6.54 Å². The van der Waals surface area contributed by atoms with Gasteiger partial charge in [-0.3, -0.25) is 4.79 Å². The smallest absolute Gasteiger partial charge is 0.233 e. The summed E-state index contributed by atoms with van der Waals surface area (Å²) in [4.78, 5) is 11.6. The van der Waals surface area contributed by atoms with Gasteiger partial charge < -0.3 is 10.6 Å². The van der Waals surface area contributed by atoms with Gasteiger partial charge in [-0.05, 0) is 38.0 Å². The highest BCUT2D eigenvalue weighted by Crippen LogP contribution is 2.27. The number of rotatable bonds is 8. The number of carbonyl (C=O) groups excluding carboxylic acids is 1. The van der Waals surface area contributed by atoms with Gasteiger partial charge in [-0.25, -0.2) is 0 Å². The Kier molecular flexibility index (Phi) is 5.26. The van der Waals surface area contributed by atoms with Crippen LogP contribution in [0.2, 0.25) is 0 Å². The lowest BCUT2D eigenvalue weighted by Crippen LogP contribution is -2.48. The number of hydrogen-bond acceptors (Lipinski definition) is 2. The Morgan fingerprint density at radius 3 is 2.19 bits per heavy atom. The van der Waals surface area contributed by atoms with Gasteiger partial charge in [-0.2, -0.15) is 0 Å². The summed E-state index contributed by atoms with van der Waals surface area (Å²) in [6.07, 6.45) is 5.81. The van der Waals surface area contributed by atoms with Crippen LogP contribution in [0.5, 0.6) is 0 Å². The monoisotopic (exact) mass is 226 g/mol. The molecule has 0 aromatic rings. The first-order valence-corrected chi connectivity index (χ1v) is 6.67. The fourth-order valence-electron chi connectivity index (χ4n) is 2.04. The zero-order valence-electron chi connectivity index (χ0n) is 10.9. The first-order chi connectivity index (χ1) is 7.65. The molecule has 1 saturated carbocycles. The average molecular weight is 226 g/mol. The molecule has 0 atom stereocenters. The fraction of sp³-hybridized carbons (Fsp3) is 0.923.